The first-order chi connectivity index (χ1) is 9.58. The van der Waals surface area contributed by atoms with Crippen LogP contribution in [-0.4, -0.2) is 18.3 Å². The van der Waals surface area contributed by atoms with Gasteiger partial charge in [0.15, 0.2) is 0 Å². The number of methoxy groups -OCH3 is 1. The summed E-state index contributed by atoms with van der Waals surface area (Å²) < 4.78 is 19.5. The third-order valence-electron chi connectivity index (χ3n) is 3.09. The molecule has 0 aliphatic carbocycles. The van der Waals surface area contributed by atoms with Crippen molar-refractivity contribution in [3.63, 3.8) is 0 Å². The Balaban J connectivity index is 2.00. The summed E-state index contributed by atoms with van der Waals surface area (Å²) in [4.78, 5) is 0. The molecule has 2 aromatic rings. The van der Waals surface area contributed by atoms with E-state index in [9.17, 15) is 9.50 Å². The van der Waals surface area contributed by atoms with Crippen LogP contribution in [0.3, 0.4) is 0 Å². The molecule has 0 aromatic heterocycles. The van der Waals surface area contributed by atoms with Gasteiger partial charge in [0.1, 0.15) is 11.6 Å². The lowest BCUT2D eigenvalue weighted by molar-refractivity contribution is 0.174. The zero-order chi connectivity index (χ0) is 14.5. The number of rotatable bonds is 5. The summed E-state index contributed by atoms with van der Waals surface area (Å²) in [5.41, 5.74) is 1.51. The average Bonchev–Trinajstić information content (AvgIpc) is 2.43. The second kappa shape index (κ2) is 6.86. The molecular weight excluding hydrogens is 323 g/mol. The van der Waals surface area contributed by atoms with Gasteiger partial charge < -0.3 is 9.84 Å². The van der Waals surface area contributed by atoms with Gasteiger partial charge in [-0.1, -0.05) is 28.1 Å². The number of aliphatic hydroxyl groups excluding tert-OH is 1. The molecule has 1 unspecified atom stereocenters. The van der Waals surface area contributed by atoms with Gasteiger partial charge in [-0.2, -0.15) is 0 Å². The maximum atomic E-state index is 13.6. The molecule has 0 saturated heterocycles. The molecule has 20 heavy (non-hydrogen) atoms. The highest BCUT2D eigenvalue weighted by Gasteiger charge is 2.11. The predicted molar refractivity (Wildman–Crippen MR) is 80.5 cm³/mol. The summed E-state index contributed by atoms with van der Waals surface area (Å²) in [6.45, 7) is 0. The highest BCUT2D eigenvalue weighted by molar-refractivity contribution is 9.10. The Morgan fingerprint density at radius 2 is 1.85 bits per heavy atom. The summed E-state index contributed by atoms with van der Waals surface area (Å²) >= 11 is 3.31. The van der Waals surface area contributed by atoms with E-state index >= 15 is 0 Å². The van der Waals surface area contributed by atoms with Crippen molar-refractivity contribution >= 4 is 15.9 Å². The smallest absolute Gasteiger partial charge is 0.126 e. The van der Waals surface area contributed by atoms with Crippen LogP contribution in [0.2, 0.25) is 0 Å². The fourth-order valence-electron chi connectivity index (χ4n) is 2.06. The van der Waals surface area contributed by atoms with Crippen molar-refractivity contribution in [1.82, 2.24) is 0 Å². The second-order valence-electron chi connectivity index (χ2n) is 4.65. The van der Waals surface area contributed by atoms with E-state index in [2.05, 4.69) is 15.9 Å². The van der Waals surface area contributed by atoms with E-state index in [4.69, 9.17) is 4.74 Å². The number of benzene rings is 2. The molecule has 0 radical (unpaired) electrons. The average molecular weight is 339 g/mol. The first-order valence-electron chi connectivity index (χ1n) is 6.33. The van der Waals surface area contributed by atoms with Crippen LogP contribution in [0.4, 0.5) is 4.39 Å². The maximum absolute atomic E-state index is 13.6. The van der Waals surface area contributed by atoms with Crippen molar-refractivity contribution < 1.29 is 14.2 Å². The normalized spacial score (nSPS) is 12.2. The van der Waals surface area contributed by atoms with E-state index in [1.807, 2.05) is 24.3 Å². The van der Waals surface area contributed by atoms with Crippen molar-refractivity contribution in [2.75, 3.05) is 7.11 Å². The van der Waals surface area contributed by atoms with Crippen molar-refractivity contribution in [1.29, 1.82) is 0 Å². The maximum Gasteiger partial charge on any atom is 0.126 e. The van der Waals surface area contributed by atoms with Gasteiger partial charge in [0.05, 0.1) is 13.2 Å². The number of hydrogen-bond acceptors (Lipinski definition) is 2. The lowest BCUT2D eigenvalue weighted by atomic mass is 10.0. The van der Waals surface area contributed by atoms with Gasteiger partial charge in [-0.15, -0.1) is 0 Å². The lowest BCUT2D eigenvalue weighted by Gasteiger charge is -2.12. The van der Waals surface area contributed by atoms with Gasteiger partial charge in [-0.3, -0.25) is 0 Å². The van der Waals surface area contributed by atoms with Crippen molar-refractivity contribution in [2.24, 2.45) is 0 Å². The molecule has 0 aliphatic heterocycles. The summed E-state index contributed by atoms with van der Waals surface area (Å²) in [6.07, 6.45) is 0.153. The minimum Gasteiger partial charge on any atom is -0.497 e. The summed E-state index contributed by atoms with van der Waals surface area (Å²) in [5, 5.41) is 10.1. The van der Waals surface area contributed by atoms with Gasteiger partial charge in [0, 0.05) is 10.9 Å². The molecule has 0 fully saturated rings. The van der Waals surface area contributed by atoms with Crippen LogP contribution in [0.1, 0.15) is 11.1 Å². The number of ether oxygens (including phenoxy) is 1. The number of hydrogen-bond donors (Lipinski definition) is 1. The number of halogens is 2. The van der Waals surface area contributed by atoms with Crippen LogP contribution in [0, 0.1) is 5.82 Å². The van der Waals surface area contributed by atoms with Crippen LogP contribution in [0.25, 0.3) is 0 Å². The molecule has 0 heterocycles. The van der Waals surface area contributed by atoms with E-state index in [-0.39, 0.29) is 12.2 Å². The SMILES string of the molecule is COc1ccc(CC(O)Cc2cc(Br)ccc2F)cc1. The minimum absolute atomic E-state index is 0.289. The zero-order valence-corrected chi connectivity index (χ0v) is 12.7. The van der Waals surface area contributed by atoms with Gasteiger partial charge >= 0.3 is 0 Å². The quantitative estimate of drug-likeness (QED) is 0.899. The summed E-state index contributed by atoms with van der Waals surface area (Å²) in [7, 11) is 1.61. The van der Waals surface area contributed by atoms with Crippen LogP contribution >= 0.6 is 15.9 Å². The Labute approximate surface area is 126 Å². The summed E-state index contributed by atoms with van der Waals surface area (Å²) in [5.74, 6) is 0.489. The van der Waals surface area contributed by atoms with E-state index in [1.54, 1.807) is 19.2 Å². The van der Waals surface area contributed by atoms with Crippen LogP contribution in [-0.2, 0) is 12.8 Å². The van der Waals surface area contributed by atoms with Gasteiger partial charge in [-0.05, 0) is 47.9 Å². The summed E-state index contributed by atoms with van der Waals surface area (Å²) in [6, 6.07) is 12.3. The second-order valence-corrected chi connectivity index (χ2v) is 5.56. The Morgan fingerprint density at radius 1 is 1.15 bits per heavy atom. The Kier molecular flexibility index (Phi) is 5.15. The Bertz CT molecular complexity index is 569. The third kappa shape index (κ3) is 4.05. The fraction of sp³-hybridized carbons (Fsp3) is 0.250. The molecule has 106 valence electrons. The van der Waals surface area contributed by atoms with Crippen LogP contribution in [0.15, 0.2) is 46.9 Å². The van der Waals surface area contributed by atoms with Gasteiger partial charge in [-0.25, -0.2) is 4.39 Å². The standard InChI is InChI=1S/C16H16BrFO2/c1-20-15-5-2-11(3-6-15)8-14(19)10-12-9-13(17)4-7-16(12)18/h2-7,9,14,19H,8,10H2,1H3. The molecule has 2 rings (SSSR count). The minimum atomic E-state index is -0.618. The van der Waals surface area contributed by atoms with Crippen LogP contribution in [0.5, 0.6) is 5.75 Å². The van der Waals surface area contributed by atoms with Gasteiger partial charge in [0.2, 0.25) is 0 Å². The van der Waals surface area contributed by atoms with Crippen molar-refractivity contribution in [3.05, 3.63) is 63.9 Å². The molecule has 0 amide bonds. The highest BCUT2D eigenvalue weighted by atomic mass is 79.9. The molecule has 0 saturated carbocycles. The highest BCUT2D eigenvalue weighted by Crippen LogP contribution is 2.19. The van der Waals surface area contributed by atoms with E-state index in [1.165, 1.54) is 6.07 Å². The molecule has 4 heteroatoms. The Hall–Kier alpha value is -1.39. The lowest BCUT2D eigenvalue weighted by Crippen LogP contribution is -2.14. The fourth-order valence-corrected chi connectivity index (χ4v) is 2.47. The van der Waals surface area contributed by atoms with Crippen molar-refractivity contribution in [3.8, 4) is 5.75 Å². The molecule has 0 aliphatic rings. The predicted octanol–water partition coefficient (Wildman–Crippen LogP) is 3.74. The zero-order valence-electron chi connectivity index (χ0n) is 11.1. The molecule has 2 nitrogen and oxygen atoms in total. The monoisotopic (exact) mass is 338 g/mol. The molecule has 1 N–H and O–H groups in total. The molecule has 0 bridgehead atoms. The first-order valence-corrected chi connectivity index (χ1v) is 7.12. The molecule has 1 atom stereocenters. The van der Waals surface area contributed by atoms with Gasteiger partial charge in [0.25, 0.3) is 0 Å². The third-order valence-corrected chi connectivity index (χ3v) is 3.59. The molecule has 2 aromatic carbocycles. The van der Waals surface area contributed by atoms with E-state index in [0.717, 1.165) is 15.8 Å². The largest absolute Gasteiger partial charge is 0.497 e. The van der Waals surface area contributed by atoms with Crippen LogP contribution < -0.4 is 4.74 Å². The topological polar surface area (TPSA) is 29.5 Å². The van der Waals surface area contributed by atoms with E-state index < -0.39 is 6.10 Å². The first kappa shape index (κ1) is 15.0. The molecular formula is C16H16BrFO2. The Morgan fingerprint density at radius 3 is 2.50 bits per heavy atom. The number of aliphatic hydroxyl groups is 1. The van der Waals surface area contributed by atoms with E-state index in [0.29, 0.717) is 12.0 Å². The van der Waals surface area contributed by atoms with Crippen molar-refractivity contribution in [2.45, 2.75) is 18.9 Å². The molecule has 0 spiro atoms.